The van der Waals surface area contributed by atoms with Crippen LogP contribution in [0, 0.1) is 18.3 Å². The highest BCUT2D eigenvalue weighted by atomic mass is 16.5. The number of nitrogens with zero attached hydrogens (tertiary/aromatic N) is 1. The molecule has 1 N–H and O–H groups in total. The number of aryl methyl sites for hydroxylation is 1. The van der Waals surface area contributed by atoms with E-state index in [1.165, 1.54) is 5.56 Å². The summed E-state index contributed by atoms with van der Waals surface area (Å²) >= 11 is 0. The molecule has 0 fully saturated rings. The van der Waals surface area contributed by atoms with Crippen molar-refractivity contribution in [2.75, 3.05) is 19.8 Å². The van der Waals surface area contributed by atoms with Crippen LogP contribution in [0.2, 0.25) is 0 Å². The average Bonchev–Trinajstić information content (AvgIpc) is 2.39. The summed E-state index contributed by atoms with van der Waals surface area (Å²) in [6, 6.07) is 7.91. The highest BCUT2D eigenvalue weighted by molar-refractivity contribution is 5.37. The standard InChI is InChI=1S/C15H20N2O/c1-3-4-8-18-9-7-17-12-15-6-5-14(11-16)10-13(15)2/h3,5-6,10,17H,1,4,7-9,12H2,2H3. The second-order valence-electron chi connectivity index (χ2n) is 4.12. The molecule has 3 heteroatoms. The molecule has 1 aromatic carbocycles. The third kappa shape index (κ3) is 5.13. The zero-order chi connectivity index (χ0) is 13.2. The summed E-state index contributed by atoms with van der Waals surface area (Å²) in [4.78, 5) is 0. The molecule has 18 heavy (non-hydrogen) atoms. The second kappa shape index (κ2) is 8.46. The number of hydrogen-bond donors (Lipinski definition) is 1. The minimum absolute atomic E-state index is 0.711. The molecule has 0 aromatic heterocycles. The van der Waals surface area contributed by atoms with Gasteiger partial charge in [0, 0.05) is 13.1 Å². The predicted octanol–water partition coefficient (Wildman–Crippen LogP) is 2.55. The van der Waals surface area contributed by atoms with Crippen LogP contribution in [0.5, 0.6) is 0 Å². The summed E-state index contributed by atoms with van der Waals surface area (Å²) in [5.74, 6) is 0. The first-order valence-electron chi connectivity index (χ1n) is 6.17. The summed E-state index contributed by atoms with van der Waals surface area (Å²) < 4.78 is 5.40. The van der Waals surface area contributed by atoms with Crippen molar-refractivity contribution in [1.29, 1.82) is 5.26 Å². The van der Waals surface area contributed by atoms with Crippen LogP contribution in [-0.4, -0.2) is 19.8 Å². The molecule has 0 atom stereocenters. The molecule has 1 rings (SSSR count). The average molecular weight is 244 g/mol. The molecule has 0 aliphatic rings. The van der Waals surface area contributed by atoms with Crippen LogP contribution < -0.4 is 5.32 Å². The van der Waals surface area contributed by atoms with E-state index in [1.54, 1.807) is 0 Å². The van der Waals surface area contributed by atoms with Crippen molar-refractivity contribution >= 4 is 0 Å². The van der Waals surface area contributed by atoms with E-state index >= 15 is 0 Å². The SMILES string of the molecule is C=CCCOCCNCc1ccc(C#N)cc1C. The molecule has 0 bridgehead atoms. The van der Waals surface area contributed by atoms with Gasteiger partial charge in [-0.25, -0.2) is 0 Å². The minimum Gasteiger partial charge on any atom is -0.380 e. The summed E-state index contributed by atoms with van der Waals surface area (Å²) in [6.07, 6.45) is 2.75. The van der Waals surface area contributed by atoms with E-state index in [1.807, 2.05) is 31.2 Å². The Hall–Kier alpha value is -1.63. The van der Waals surface area contributed by atoms with E-state index in [9.17, 15) is 0 Å². The molecular weight excluding hydrogens is 224 g/mol. The van der Waals surface area contributed by atoms with Crippen molar-refractivity contribution in [3.05, 3.63) is 47.5 Å². The molecule has 1 aromatic rings. The molecule has 0 heterocycles. The van der Waals surface area contributed by atoms with E-state index in [0.717, 1.165) is 31.7 Å². The fourth-order valence-electron chi connectivity index (χ4n) is 1.60. The van der Waals surface area contributed by atoms with Crippen LogP contribution >= 0.6 is 0 Å². The van der Waals surface area contributed by atoms with Gasteiger partial charge in [0.05, 0.1) is 24.8 Å². The van der Waals surface area contributed by atoms with Gasteiger partial charge in [-0.05, 0) is 36.6 Å². The van der Waals surface area contributed by atoms with Gasteiger partial charge in [0.15, 0.2) is 0 Å². The second-order valence-corrected chi connectivity index (χ2v) is 4.12. The zero-order valence-corrected chi connectivity index (χ0v) is 10.9. The van der Waals surface area contributed by atoms with Gasteiger partial charge in [-0.15, -0.1) is 6.58 Å². The maximum absolute atomic E-state index is 8.78. The Morgan fingerprint density at radius 2 is 2.28 bits per heavy atom. The van der Waals surface area contributed by atoms with Crippen LogP contribution in [0.15, 0.2) is 30.9 Å². The van der Waals surface area contributed by atoms with Gasteiger partial charge in [0.1, 0.15) is 0 Å². The molecule has 0 radical (unpaired) electrons. The van der Waals surface area contributed by atoms with E-state index < -0.39 is 0 Å². The van der Waals surface area contributed by atoms with Gasteiger partial charge in [-0.3, -0.25) is 0 Å². The van der Waals surface area contributed by atoms with Crippen molar-refractivity contribution in [1.82, 2.24) is 5.32 Å². The summed E-state index contributed by atoms with van der Waals surface area (Å²) in [5, 5.41) is 12.1. The predicted molar refractivity (Wildman–Crippen MR) is 73.2 cm³/mol. The van der Waals surface area contributed by atoms with E-state index in [-0.39, 0.29) is 0 Å². The molecule has 96 valence electrons. The molecule has 0 amide bonds. The van der Waals surface area contributed by atoms with Crippen LogP contribution in [0.3, 0.4) is 0 Å². The number of hydrogen-bond acceptors (Lipinski definition) is 3. The topological polar surface area (TPSA) is 45.0 Å². The Labute approximate surface area is 109 Å². The Morgan fingerprint density at radius 1 is 1.44 bits per heavy atom. The van der Waals surface area contributed by atoms with Crippen molar-refractivity contribution in [3.63, 3.8) is 0 Å². The third-order valence-corrected chi connectivity index (χ3v) is 2.68. The van der Waals surface area contributed by atoms with Gasteiger partial charge in [-0.1, -0.05) is 12.1 Å². The number of rotatable bonds is 8. The molecule has 3 nitrogen and oxygen atoms in total. The first-order chi connectivity index (χ1) is 8.77. The fraction of sp³-hybridized carbons (Fsp3) is 0.400. The quantitative estimate of drug-likeness (QED) is 0.564. The lowest BCUT2D eigenvalue weighted by atomic mass is 10.1. The highest BCUT2D eigenvalue weighted by Gasteiger charge is 1.99. The van der Waals surface area contributed by atoms with E-state index in [2.05, 4.69) is 18.0 Å². The fourth-order valence-corrected chi connectivity index (χ4v) is 1.60. The van der Waals surface area contributed by atoms with Crippen LogP contribution in [0.1, 0.15) is 23.1 Å². The van der Waals surface area contributed by atoms with Gasteiger partial charge < -0.3 is 10.1 Å². The molecule has 0 aliphatic heterocycles. The van der Waals surface area contributed by atoms with E-state index in [4.69, 9.17) is 10.00 Å². The minimum atomic E-state index is 0.711. The van der Waals surface area contributed by atoms with Gasteiger partial charge >= 0.3 is 0 Å². The number of benzene rings is 1. The highest BCUT2D eigenvalue weighted by Crippen LogP contribution is 2.10. The monoisotopic (exact) mass is 244 g/mol. The van der Waals surface area contributed by atoms with Crippen molar-refractivity contribution in [3.8, 4) is 6.07 Å². The van der Waals surface area contributed by atoms with Crippen molar-refractivity contribution in [2.24, 2.45) is 0 Å². The van der Waals surface area contributed by atoms with Crippen LogP contribution in [0.25, 0.3) is 0 Å². The number of nitrogens with one attached hydrogen (secondary N) is 1. The van der Waals surface area contributed by atoms with Gasteiger partial charge in [0.25, 0.3) is 0 Å². The Bertz CT molecular complexity index is 421. The molecule has 0 saturated heterocycles. The summed E-state index contributed by atoms with van der Waals surface area (Å²) in [6.45, 7) is 8.75. The van der Waals surface area contributed by atoms with Crippen LogP contribution in [0.4, 0.5) is 0 Å². The molecular formula is C15H20N2O. The lowest BCUT2D eigenvalue weighted by molar-refractivity contribution is 0.140. The Kier molecular flexibility index (Phi) is 6.78. The number of nitriles is 1. The first-order valence-corrected chi connectivity index (χ1v) is 6.17. The largest absolute Gasteiger partial charge is 0.380 e. The lowest BCUT2D eigenvalue weighted by Crippen LogP contribution is -2.20. The van der Waals surface area contributed by atoms with Crippen molar-refractivity contribution < 1.29 is 4.74 Å². The van der Waals surface area contributed by atoms with Crippen molar-refractivity contribution in [2.45, 2.75) is 19.9 Å². The Morgan fingerprint density at radius 3 is 2.94 bits per heavy atom. The molecule has 0 saturated carbocycles. The number of ether oxygens (including phenoxy) is 1. The third-order valence-electron chi connectivity index (χ3n) is 2.68. The van der Waals surface area contributed by atoms with Gasteiger partial charge in [0.2, 0.25) is 0 Å². The van der Waals surface area contributed by atoms with E-state index in [0.29, 0.717) is 12.2 Å². The maximum atomic E-state index is 8.78. The first kappa shape index (κ1) is 14.4. The maximum Gasteiger partial charge on any atom is 0.0991 e. The summed E-state index contributed by atoms with van der Waals surface area (Å²) in [7, 11) is 0. The molecule has 0 unspecified atom stereocenters. The Balaban J connectivity index is 2.23. The lowest BCUT2D eigenvalue weighted by Gasteiger charge is -2.08. The van der Waals surface area contributed by atoms with Crippen LogP contribution in [-0.2, 0) is 11.3 Å². The summed E-state index contributed by atoms with van der Waals surface area (Å²) in [5.41, 5.74) is 3.08. The van der Waals surface area contributed by atoms with Gasteiger partial charge in [-0.2, -0.15) is 5.26 Å². The smallest absolute Gasteiger partial charge is 0.0991 e. The zero-order valence-electron chi connectivity index (χ0n) is 10.9. The molecule has 0 aliphatic carbocycles. The molecule has 0 spiro atoms. The normalized spacial score (nSPS) is 10.0.